The summed E-state index contributed by atoms with van der Waals surface area (Å²) in [5.41, 5.74) is 3.09. The summed E-state index contributed by atoms with van der Waals surface area (Å²) < 4.78 is 7.22. The highest BCUT2D eigenvalue weighted by Gasteiger charge is 2.12. The number of aromatic nitrogens is 4. The Labute approximate surface area is 182 Å². The Morgan fingerprint density at radius 2 is 1.77 bits per heavy atom. The number of ether oxygens (including phenoxy) is 1. The highest BCUT2D eigenvalue weighted by atomic mass is 32.1. The zero-order valence-corrected chi connectivity index (χ0v) is 17.1. The summed E-state index contributed by atoms with van der Waals surface area (Å²) in [6.07, 6.45) is 0. The fourth-order valence-corrected chi connectivity index (χ4v) is 3.78. The zero-order valence-electron chi connectivity index (χ0n) is 16.3. The van der Waals surface area contributed by atoms with Crippen LogP contribution in [0.1, 0.15) is 0 Å². The number of anilines is 1. The first kappa shape index (κ1) is 19.0. The lowest BCUT2D eigenvalue weighted by molar-refractivity contribution is -0.118. The molecule has 3 heterocycles. The van der Waals surface area contributed by atoms with Gasteiger partial charge in [-0.25, -0.2) is 0 Å². The van der Waals surface area contributed by atoms with Crippen LogP contribution in [-0.2, 0) is 4.79 Å². The summed E-state index contributed by atoms with van der Waals surface area (Å²) in [6, 6.07) is 24.5. The van der Waals surface area contributed by atoms with E-state index >= 15 is 0 Å². The topological polar surface area (TPSA) is 81.4 Å². The average Bonchev–Trinajstić information content (AvgIpc) is 3.48. The van der Waals surface area contributed by atoms with Gasteiger partial charge in [0, 0.05) is 11.3 Å². The molecule has 0 unspecified atom stereocenters. The first-order chi connectivity index (χ1) is 15.3. The van der Waals surface area contributed by atoms with Crippen LogP contribution in [0.4, 0.5) is 5.69 Å². The van der Waals surface area contributed by atoms with E-state index in [2.05, 4.69) is 15.5 Å². The van der Waals surface area contributed by atoms with E-state index in [0.717, 1.165) is 16.1 Å². The Bertz CT molecular complexity index is 1320. The molecular formula is C23H17N5O2S. The van der Waals surface area contributed by atoms with Crippen LogP contribution in [0.2, 0.25) is 0 Å². The van der Waals surface area contributed by atoms with Gasteiger partial charge in [-0.15, -0.1) is 21.5 Å². The third kappa shape index (κ3) is 4.15. The van der Waals surface area contributed by atoms with Gasteiger partial charge in [0.2, 0.25) is 0 Å². The highest BCUT2D eigenvalue weighted by Crippen LogP contribution is 2.25. The van der Waals surface area contributed by atoms with Gasteiger partial charge in [-0.05, 0) is 47.8 Å². The number of hydrogen-bond acceptors (Lipinski definition) is 6. The summed E-state index contributed by atoms with van der Waals surface area (Å²) in [5.74, 6) is 1.15. The third-order valence-corrected chi connectivity index (χ3v) is 5.45. The van der Waals surface area contributed by atoms with Crippen molar-refractivity contribution in [2.24, 2.45) is 0 Å². The number of nitrogens with one attached hydrogen (secondary N) is 1. The lowest BCUT2D eigenvalue weighted by atomic mass is 10.1. The van der Waals surface area contributed by atoms with Gasteiger partial charge in [0.05, 0.1) is 10.6 Å². The van der Waals surface area contributed by atoms with Crippen LogP contribution in [0.5, 0.6) is 5.75 Å². The molecule has 1 amide bonds. The predicted molar refractivity (Wildman–Crippen MR) is 120 cm³/mol. The number of amides is 1. The van der Waals surface area contributed by atoms with Crippen LogP contribution < -0.4 is 10.1 Å². The summed E-state index contributed by atoms with van der Waals surface area (Å²) in [4.78, 5) is 13.2. The van der Waals surface area contributed by atoms with Crippen molar-refractivity contribution < 1.29 is 9.53 Å². The number of nitrogens with zero attached hydrogens (tertiary/aromatic N) is 4. The van der Waals surface area contributed by atoms with Crippen LogP contribution in [-0.4, -0.2) is 32.3 Å². The molecule has 0 bridgehead atoms. The highest BCUT2D eigenvalue weighted by molar-refractivity contribution is 7.13. The first-order valence-corrected chi connectivity index (χ1v) is 10.5. The second-order valence-corrected chi connectivity index (χ2v) is 7.66. The van der Waals surface area contributed by atoms with Gasteiger partial charge in [-0.3, -0.25) is 4.79 Å². The van der Waals surface area contributed by atoms with Crippen LogP contribution in [0.15, 0.2) is 84.2 Å². The Morgan fingerprint density at radius 1 is 0.935 bits per heavy atom. The monoisotopic (exact) mass is 427 g/mol. The van der Waals surface area contributed by atoms with E-state index in [0.29, 0.717) is 22.9 Å². The van der Waals surface area contributed by atoms with Crippen molar-refractivity contribution in [1.29, 1.82) is 0 Å². The molecule has 0 saturated carbocycles. The van der Waals surface area contributed by atoms with Crippen LogP contribution >= 0.6 is 11.3 Å². The number of thiophene rings is 1. The molecule has 5 aromatic rings. The normalized spacial score (nSPS) is 10.8. The number of hydrogen-bond donors (Lipinski definition) is 1. The molecular weight excluding hydrogens is 410 g/mol. The van der Waals surface area contributed by atoms with E-state index < -0.39 is 0 Å². The number of benzene rings is 2. The summed E-state index contributed by atoms with van der Waals surface area (Å²) in [7, 11) is 0. The smallest absolute Gasteiger partial charge is 0.262 e. The van der Waals surface area contributed by atoms with Crippen molar-refractivity contribution in [3.8, 4) is 27.7 Å². The van der Waals surface area contributed by atoms with Gasteiger partial charge in [-0.1, -0.05) is 36.4 Å². The number of carbonyl (C=O) groups excluding carboxylic acids is 1. The standard InChI is InChI=1S/C23H17N5O2S/c29-22(15-30-18-5-2-1-3-6-18)24-17-10-8-16(9-11-17)19-12-13-21-25-26-23(28(21)27-19)20-7-4-14-31-20/h1-14H,15H2,(H,24,29). The average molecular weight is 427 g/mol. The molecule has 3 aromatic heterocycles. The van der Waals surface area contributed by atoms with Gasteiger partial charge >= 0.3 is 0 Å². The maximum Gasteiger partial charge on any atom is 0.262 e. The fraction of sp³-hybridized carbons (Fsp3) is 0.0435. The number of carbonyl (C=O) groups is 1. The van der Waals surface area contributed by atoms with Crippen LogP contribution in [0.25, 0.3) is 27.6 Å². The maximum atomic E-state index is 12.1. The van der Waals surface area contributed by atoms with E-state index in [1.807, 2.05) is 84.2 Å². The number of rotatable bonds is 6. The van der Waals surface area contributed by atoms with Crippen molar-refractivity contribution in [3.63, 3.8) is 0 Å². The quantitative estimate of drug-likeness (QED) is 0.430. The van der Waals surface area contributed by atoms with Gasteiger partial charge < -0.3 is 10.1 Å². The van der Waals surface area contributed by atoms with Crippen molar-refractivity contribution in [3.05, 3.63) is 84.2 Å². The minimum absolute atomic E-state index is 0.0525. The molecule has 152 valence electrons. The molecule has 2 aromatic carbocycles. The van der Waals surface area contributed by atoms with Gasteiger partial charge in [0.25, 0.3) is 5.91 Å². The van der Waals surface area contributed by atoms with Gasteiger partial charge in [0.1, 0.15) is 5.75 Å². The lowest BCUT2D eigenvalue weighted by Gasteiger charge is -2.08. The molecule has 0 fully saturated rings. The van der Waals surface area contributed by atoms with Crippen molar-refractivity contribution in [2.45, 2.75) is 0 Å². The second-order valence-electron chi connectivity index (χ2n) is 6.72. The lowest BCUT2D eigenvalue weighted by Crippen LogP contribution is -2.20. The number of para-hydroxylation sites is 1. The Balaban J connectivity index is 1.30. The van der Waals surface area contributed by atoms with Crippen LogP contribution in [0.3, 0.4) is 0 Å². The summed E-state index contributed by atoms with van der Waals surface area (Å²) in [6.45, 7) is -0.0525. The Hall–Kier alpha value is -4.04. The van der Waals surface area contributed by atoms with Crippen molar-refractivity contribution >= 4 is 28.6 Å². The SMILES string of the molecule is O=C(COc1ccccc1)Nc1ccc(-c2ccc3nnc(-c4cccs4)n3n2)cc1. The maximum absolute atomic E-state index is 12.1. The molecule has 5 rings (SSSR count). The van der Waals surface area contributed by atoms with E-state index in [1.54, 1.807) is 15.9 Å². The largest absolute Gasteiger partial charge is 0.484 e. The molecule has 0 aliphatic rings. The van der Waals surface area contributed by atoms with Gasteiger partial charge in [-0.2, -0.15) is 9.61 Å². The van der Waals surface area contributed by atoms with Gasteiger partial charge in [0.15, 0.2) is 18.1 Å². The number of fused-ring (bicyclic) bond motifs is 1. The van der Waals surface area contributed by atoms with Crippen molar-refractivity contribution in [2.75, 3.05) is 11.9 Å². The Kier molecular flexibility index (Phi) is 5.12. The predicted octanol–water partition coefficient (Wildman–Crippen LogP) is 4.54. The molecule has 0 spiro atoms. The molecule has 8 heteroatoms. The molecule has 0 saturated heterocycles. The molecule has 0 aliphatic heterocycles. The van der Waals surface area contributed by atoms with E-state index in [-0.39, 0.29) is 12.5 Å². The fourth-order valence-electron chi connectivity index (χ4n) is 3.09. The third-order valence-electron chi connectivity index (χ3n) is 4.58. The summed E-state index contributed by atoms with van der Waals surface area (Å²) >= 11 is 1.59. The second kappa shape index (κ2) is 8.37. The molecule has 31 heavy (non-hydrogen) atoms. The van der Waals surface area contributed by atoms with E-state index in [1.165, 1.54) is 0 Å². The molecule has 0 atom stereocenters. The zero-order chi connectivity index (χ0) is 21.0. The van der Waals surface area contributed by atoms with E-state index in [4.69, 9.17) is 9.84 Å². The molecule has 1 N–H and O–H groups in total. The Morgan fingerprint density at radius 3 is 2.55 bits per heavy atom. The minimum Gasteiger partial charge on any atom is -0.484 e. The van der Waals surface area contributed by atoms with Crippen molar-refractivity contribution in [1.82, 2.24) is 19.8 Å². The minimum atomic E-state index is -0.221. The summed E-state index contributed by atoms with van der Waals surface area (Å²) in [5, 5.41) is 18.0. The molecule has 0 radical (unpaired) electrons. The first-order valence-electron chi connectivity index (χ1n) is 9.61. The van der Waals surface area contributed by atoms with Crippen LogP contribution in [0, 0.1) is 0 Å². The molecule has 7 nitrogen and oxygen atoms in total. The molecule has 0 aliphatic carbocycles. The van der Waals surface area contributed by atoms with E-state index in [9.17, 15) is 4.79 Å².